The lowest BCUT2D eigenvalue weighted by Crippen LogP contribution is -2.35. The van der Waals surface area contributed by atoms with Gasteiger partial charge in [-0.05, 0) is 44.0 Å². The lowest BCUT2D eigenvalue weighted by Gasteiger charge is -2.26. The van der Waals surface area contributed by atoms with E-state index in [0.29, 0.717) is 18.0 Å². The molecule has 1 N–H and O–H groups in total. The Morgan fingerprint density at radius 1 is 1.25 bits per heavy atom. The van der Waals surface area contributed by atoms with E-state index in [4.69, 9.17) is 0 Å². The molecule has 0 amide bonds. The van der Waals surface area contributed by atoms with Crippen molar-refractivity contribution in [1.29, 1.82) is 0 Å². The van der Waals surface area contributed by atoms with Crippen LogP contribution in [0.1, 0.15) is 44.2 Å². The molecule has 1 fully saturated rings. The molecule has 0 bridgehead atoms. The predicted molar refractivity (Wildman–Crippen MR) is 81.1 cm³/mol. The average molecular weight is 296 g/mol. The molecule has 1 aliphatic rings. The van der Waals surface area contributed by atoms with E-state index >= 15 is 0 Å². The second kappa shape index (κ2) is 6.70. The first-order valence-electron chi connectivity index (χ1n) is 7.37. The maximum Gasteiger partial charge on any atom is 0.243 e. The molecule has 2 rings (SSSR count). The van der Waals surface area contributed by atoms with Crippen LogP contribution >= 0.6 is 0 Å². The van der Waals surface area contributed by atoms with Gasteiger partial charge in [0.1, 0.15) is 0 Å². The van der Waals surface area contributed by atoms with Crippen LogP contribution in [-0.2, 0) is 10.0 Å². The third kappa shape index (κ3) is 3.22. The van der Waals surface area contributed by atoms with E-state index in [2.05, 4.69) is 12.2 Å². The summed E-state index contributed by atoms with van der Waals surface area (Å²) in [4.78, 5) is 0.422. The van der Waals surface area contributed by atoms with Crippen LogP contribution in [0.4, 0.5) is 0 Å². The highest BCUT2D eigenvalue weighted by Crippen LogP contribution is 2.24. The molecular weight excluding hydrogens is 272 g/mol. The average Bonchev–Trinajstić information content (AvgIpc) is 2.50. The maximum absolute atomic E-state index is 12.6. The Labute approximate surface area is 122 Å². The quantitative estimate of drug-likeness (QED) is 0.908. The zero-order valence-corrected chi connectivity index (χ0v) is 13.1. The Morgan fingerprint density at radius 2 is 1.95 bits per heavy atom. The van der Waals surface area contributed by atoms with Crippen molar-refractivity contribution in [2.24, 2.45) is 0 Å². The molecule has 0 aliphatic carbocycles. The van der Waals surface area contributed by atoms with Crippen LogP contribution in [0, 0.1) is 0 Å². The number of benzene rings is 1. The third-order valence-corrected chi connectivity index (χ3v) is 5.86. The lowest BCUT2D eigenvalue weighted by molar-refractivity contribution is 0.346. The summed E-state index contributed by atoms with van der Waals surface area (Å²) in [5, 5.41) is 3.22. The highest BCUT2D eigenvalue weighted by atomic mass is 32.2. The monoisotopic (exact) mass is 296 g/mol. The number of piperidine rings is 1. The molecule has 0 aromatic heterocycles. The van der Waals surface area contributed by atoms with E-state index in [1.54, 1.807) is 10.4 Å². The SMILES string of the molecule is CCC(NC)c1cccc(S(=O)(=O)N2CCCCC2)c1. The van der Waals surface area contributed by atoms with Crippen molar-refractivity contribution in [2.45, 2.75) is 43.5 Å². The van der Waals surface area contributed by atoms with Crippen molar-refractivity contribution in [3.8, 4) is 0 Å². The zero-order chi connectivity index (χ0) is 14.6. The molecule has 1 aliphatic heterocycles. The molecular formula is C15H24N2O2S. The van der Waals surface area contributed by atoms with E-state index in [9.17, 15) is 8.42 Å². The minimum absolute atomic E-state index is 0.200. The van der Waals surface area contributed by atoms with Gasteiger partial charge in [0.05, 0.1) is 4.90 Å². The van der Waals surface area contributed by atoms with E-state index in [1.807, 2.05) is 25.2 Å². The van der Waals surface area contributed by atoms with Crippen LogP contribution in [0.5, 0.6) is 0 Å². The summed E-state index contributed by atoms with van der Waals surface area (Å²) in [6, 6.07) is 7.54. The number of hydrogen-bond donors (Lipinski definition) is 1. The number of sulfonamides is 1. The van der Waals surface area contributed by atoms with Crippen molar-refractivity contribution in [1.82, 2.24) is 9.62 Å². The van der Waals surface area contributed by atoms with Crippen LogP contribution in [0.25, 0.3) is 0 Å². The largest absolute Gasteiger partial charge is 0.313 e. The van der Waals surface area contributed by atoms with Gasteiger partial charge in [-0.1, -0.05) is 25.5 Å². The van der Waals surface area contributed by atoms with Gasteiger partial charge in [-0.2, -0.15) is 4.31 Å². The molecule has 1 aromatic carbocycles. The van der Waals surface area contributed by atoms with Crippen molar-refractivity contribution in [3.63, 3.8) is 0 Å². The molecule has 0 spiro atoms. The zero-order valence-electron chi connectivity index (χ0n) is 12.3. The molecule has 4 nitrogen and oxygen atoms in total. The van der Waals surface area contributed by atoms with Crippen LogP contribution in [0.15, 0.2) is 29.2 Å². The van der Waals surface area contributed by atoms with Crippen molar-refractivity contribution < 1.29 is 8.42 Å². The molecule has 1 heterocycles. The van der Waals surface area contributed by atoms with Crippen LogP contribution in [-0.4, -0.2) is 32.9 Å². The van der Waals surface area contributed by atoms with Crippen LogP contribution in [0.2, 0.25) is 0 Å². The van der Waals surface area contributed by atoms with E-state index in [0.717, 1.165) is 31.2 Å². The minimum Gasteiger partial charge on any atom is -0.313 e. The Hall–Kier alpha value is -0.910. The first kappa shape index (κ1) is 15.5. The second-order valence-corrected chi connectivity index (χ2v) is 7.22. The number of nitrogens with one attached hydrogen (secondary N) is 1. The Bertz CT molecular complexity index is 533. The van der Waals surface area contributed by atoms with Gasteiger partial charge in [0.25, 0.3) is 0 Å². The number of rotatable bonds is 5. The summed E-state index contributed by atoms with van der Waals surface area (Å²) >= 11 is 0. The molecule has 112 valence electrons. The van der Waals surface area contributed by atoms with Gasteiger partial charge in [0.15, 0.2) is 0 Å². The van der Waals surface area contributed by atoms with Crippen molar-refractivity contribution in [2.75, 3.05) is 20.1 Å². The third-order valence-electron chi connectivity index (χ3n) is 3.97. The minimum atomic E-state index is -3.33. The van der Waals surface area contributed by atoms with Crippen LogP contribution in [0.3, 0.4) is 0 Å². The first-order valence-corrected chi connectivity index (χ1v) is 8.81. The fraction of sp³-hybridized carbons (Fsp3) is 0.600. The molecule has 0 radical (unpaired) electrons. The van der Waals surface area contributed by atoms with Gasteiger partial charge in [-0.25, -0.2) is 8.42 Å². The number of nitrogens with zero attached hydrogens (tertiary/aromatic N) is 1. The van der Waals surface area contributed by atoms with Gasteiger partial charge in [0, 0.05) is 19.1 Å². The van der Waals surface area contributed by atoms with Crippen molar-refractivity contribution >= 4 is 10.0 Å². The van der Waals surface area contributed by atoms with Gasteiger partial charge >= 0.3 is 0 Å². The van der Waals surface area contributed by atoms with Gasteiger partial charge in [-0.3, -0.25) is 0 Å². The van der Waals surface area contributed by atoms with Crippen molar-refractivity contribution in [3.05, 3.63) is 29.8 Å². The summed E-state index contributed by atoms with van der Waals surface area (Å²) in [6.45, 7) is 3.39. The molecule has 1 unspecified atom stereocenters. The molecule has 1 atom stereocenters. The van der Waals surface area contributed by atoms with Gasteiger partial charge in [-0.15, -0.1) is 0 Å². The van der Waals surface area contributed by atoms with Crippen LogP contribution < -0.4 is 5.32 Å². The second-order valence-electron chi connectivity index (χ2n) is 5.29. The summed E-state index contributed by atoms with van der Waals surface area (Å²) in [5.41, 5.74) is 1.04. The first-order chi connectivity index (χ1) is 9.59. The summed E-state index contributed by atoms with van der Waals surface area (Å²) < 4.78 is 26.9. The fourth-order valence-electron chi connectivity index (χ4n) is 2.75. The lowest BCUT2D eigenvalue weighted by atomic mass is 10.1. The maximum atomic E-state index is 12.6. The standard InChI is InChI=1S/C15H24N2O2S/c1-3-15(16-2)13-8-7-9-14(12-13)20(18,19)17-10-5-4-6-11-17/h7-9,12,15-16H,3-6,10-11H2,1-2H3. The Morgan fingerprint density at radius 3 is 2.55 bits per heavy atom. The molecule has 0 saturated carbocycles. The van der Waals surface area contributed by atoms with Gasteiger partial charge in [0.2, 0.25) is 10.0 Å². The van der Waals surface area contributed by atoms with E-state index in [-0.39, 0.29) is 6.04 Å². The molecule has 1 saturated heterocycles. The summed E-state index contributed by atoms with van der Waals surface area (Å²) in [7, 11) is -1.43. The topological polar surface area (TPSA) is 49.4 Å². The normalized spacial score (nSPS) is 18.9. The Kier molecular flexibility index (Phi) is 5.18. The summed E-state index contributed by atoms with van der Waals surface area (Å²) in [6.07, 6.45) is 3.99. The smallest absolute Gasteiger partial charge is 0.243 e. The molecule has 20 heavy (non-hydrogen) atoms. The predicted octanol–water partition coefficient (Wildman–Crippen LogP) is 2.53. The molecule has 5 heteroatoms. The Balaban J connectivity index is 2.29. The molecule has 1 aromatic rings. The number of hydrogen-bond acceptors (Lipinski definition) is 3. The highest BCUT2D eigenvalue weighted by Gasteiger charge is 2.26. The van der Waals surface area contributed by atoms with E-state index < -0.39 is 10.0 Å². The fourth-order valence-corrected chi connectivity index (χ4v) is 4.33. The van der Waals surface area contributed by atoms with Gasteiger partial charge < -0.3 is 5.32 Å². The summed E-state index contributed by atoms with van der Waals surface area (Å²) in [5.74, 6) is 0. The van der Waals surface area contributed by atoms with E-state index in [1.165, 1.54) is 0 Å². The highest BCUT2D eigenvalue weighted by molar-refractivity contribution is 7.89.